The third-order valence-corrected chi connectivity index (χ3v) is 3.34. The zero-order chi connectivity index (χ0) is 13.9. The van der Waals surface area contributed by atoms with Crippen LogP contribution in [-0.4, -0.2) is 15.8 Å². The summed E-state index contributed by atoms with van der Waals surface area (Å²) in [6.45, 7) is 3.43. The first-order valence-electron chi connectivity index (χ1n) is 6.96. The standard InChI is InChI=1S/C15H18FN3O/c1-2-19-10-14(9-18-19)20-15-6-3-12(16)7-11(15)8-17-13-4-5-13/h3,6-7,9-10,13,17H,2,4-5,8H2,1H3. The Morgan fingerprint density at radius 1 is 1.45 bits per heavy atom. The summed E-state index contributed by atoms with van der Waals surface area (Å²) in [5.41, 5.74) is 0.834. The summed E-state index contributed by atoms with van der Waals surface area (Å²) in [4.78, 5) is 0. The molecule has 1 aromatic carbocycles. The molecule has 1 aromatic heterocycles. The van der Waals surface area contributed by atoms with Gasteiger partial charge in [0.1, 0.15) is 11.6 Å². The third kappa shape index (κ3) is 3.17. The van der Waals surface area contributed by atoms with Crippen LogP contribution in [0, 0.1) is 5.82 Å². The Morgan fingerprint density at radius 3 is 3.00 bits per heavy atom. The van der Waals surface area contributed by atoms with Gasteiger partial charge in [0.25, 0.3) is 0 Å². The van der Waals surface area contributed by atoms with Crippen LogP contribution in [0.3, 0.4) is 0 Å². The number of hydrogen-bond acceptors (Lipinski definition) is 3. The summed E-state index contributed by atoms with van der Waals surface area (Å²) >= 11 is 0. The molecular weight excluding hydrogens is 257 g/mol. The Bertz CT molecular complexity index is 593. The van der Waals surface area contributed by atoms with Gasteiger partial charge < -0.3 is 10.1 Å². The lowest BCUT2D eigenvalue weighted by atomic mass is 10.2. The Morgan fingerprint density at radius 2 is 2.30 bits per heavy atom. The van der Waals surface area contributed by atoms with Gasteiger partial charge >= 0.3 is 0 Å². The minimum Gasteiger partial charge on any atom is -0.454 e. The summed E-state index contributed by atoms with van der Waals surface area (Å²) in [6.07, 6.45) is 5.91. The van der Waals surface area contributed by atoms with Crippen LogP contribution in [0.4, 0.5) is 4.39 Å². The predicted molar refractivity (Wildman–Crippen MR) is 74.2 cm³/mol. The quantitative estimate of drug-likeness (QED) is 0.880. The van der Waals surface area contributed by atoms with Gasteiger partial charge in [0.15, 0.2) is 5.75 Å². The van der Waals surface area contributed by atoms with Crippen LogP contribution in [0.1, 0.15) is 25.3 Å². The molecule has 0 aliphatic heterocycles. The first kappa shape index (κ1) is 13.1. The van der Waals surface area contributed by atoms with E-state index in [1.54, 1.807) is 16.9 Å². The van der Waals surface area contributed by atoms with Gasteiger partial charge in [0.05, 0.1) is 12.4 Å². The van der Waals surface area contributed by atoms with Crippen molar-refractivity contribution >= 4 is 0 Å². The molecule has 1 fully saturated rings. The van der Waals surface area contributed by atoms with Crippen LogP contribution in [0.15, 0.2) is 30.6 Å². The highest BCUT2D eigenvalue weighted by molar-refractivity contribution is 5.37. The van der Waals surface area contributed by atoms with Gasteiger partial charge in [-0.05, 0) is 38.0 Å². The molecule has 1 aliphatic rings. The lowest BCUT2D eigenvalue weighted by Crippen LogP contribution is -2.15. The van der Waals surface area contributed by atoms with Crippen molar-refractivity contribution in [3.8, 4) is 11.5 Å². The number of nitrogens with zero attached hydrogens (tertiary/aromatic N) is 2. The van der Waals surface area contributed by atoms with Crippen molar-refractivity contribution in [2.75, 3.05) is 0 Å². The molecule has 0 atom stereocenters. The molecule has 4 nitrogen and oxygen atoms in total. The molecule has 20 heavy (non-hydrogen) atoms. The van der Waals surface area contributed by atoms with E-state index in [4.69, 9.17) is 4.74 Å². The van der Waals surface area contributed by atoms with Crippen molar-refractivity contribution in [2.45, 2.75) is 38.9 Å². The molecule has 1 aliphatic carbocycles. The summed E-state index contributed by atoms with van der Waals surface area (Å²) in [5.74, 6) is 1.11. The molecule has 1 saturated carbocycles. The van der Waals surface area contributed by atoms with Crippen LogP contribution < -0.4 is 10.1 Å². The van der Waals surface area contributed by atoms with Crippen molar-refractivity contribution < 1.29 is 9.13 Å². The summed E-state index contributed by atoms with van der Waals surface area (Å²) in [5, 5.41) is 7.54. The maximum absolute atomic E-state index is 13.4. The Hall–Kier alpha value is -1.88. The van der Waals surface area contributed by atoms with Gasteiger partial charge in [0, 0.05) is 24.7 Å². The van der Waals surface area contributed by atoms with E-state index >= 15 is 0 Å². The van der Waals surface area contributed by atoms with Gasteiger partial charge in [-0.1, -0.05) is 0 Å². The molecule has 3 rings (SSSR count). The Kier molecular flexibility index (Phi) is 3.69. The van der Waals surface area contributed by atoms with Crippen molar-refractivity contribution in [3.05, 3.63) is 42.0 Å². The maximum Gasteiger partial charge on any atom is 0.165 e. The van der Waals surface area contributed by atoms with Crippen LogP contribution in [0.5, 0.6) is 11.5 Å². The Balaban J connectivity index is 1.75. The third-order valence-electron chi connectivity index (χ3n) is 3.34. The van der Waals surface area contributed by atoms with E-state index in [-0.39, 0.29) is 5.82 Å². The van der Waals surface area contributed by atoms with Crippen LogP contribution in [0.2, 0.25) is 0 Å². The van der Waals surface area contributed by atoms with E-state index in [2.05, 4.69) is 10.4 Å². The Labute approximate surface area is 117 Å². The van der Waals surface area contributed by atoms with Crippen LogP contribution in [-0.2, 0) is 13.1 Å². The molecule has 0 unspecified atom stereocenters. The fourth-order valence-corrected chi connectivity index (χ4v) is 2.02. The first-order valence-corrected chi connectivity index (χ1v) is 6.96. The number of aromatic nitrogens is 2. The average molecular weight is 275 g/mol. The summed E-state index contributed by atoms with van der Waals surface area (Å²) in [7, 11) is 0. The second-order valence-electron chi connectivity index (χ2n) is 5.04. The maximum atomic E-state index is 13.4. The summed E-state index contributed by atoms with van der Waals surface area (Å²) < 4.78 is 21.0. The molecule has 2 aromatic rings. The lowest BCUT2D eigenvalue weighted by Gasteiger charge is -2.10. The van der Waals surface area contributed by atoms with E-state index < -0.39 is 0 Å². The largest absolute Gasteiger partial charge is 0.454 e. The average Bonchev–Trinajstić information content (AvgIpc) is 3.17. The SMILES string of the molecule is CCn1cc(Oc2ccc(F)cc2CNC2CC2)cn1. The number of benzene rings is 1. The molecular formula is C15H18FN3O. The second-order valence-corrected chi connectivity index (χ2v) is 5.04. The molecule has 106 valence electrons. The molecule has 0 bridgehead atoms. The smallest absolute Gasteiger partial charge is 0.165 e. The van der Waals surface area contributed by atoms with E-state index in [1.807, 2.05) is 13.1 Å². The molecule has 0 saturated heterocycles. The second kappa shape index (κ2) is 5.63. The molecule has 1 N–H and O–H groups in total. The highest BCUT2D eigenvalue weighted by Gasteiger charge is 2.21. The monoisotopic (exact) mass is 275 g/mol. The van der Waals surface area contributed by atoms with Gasteiger partial charge in [0.2, 0.25) is 0 Å². The van der Waals surface area contributed by atoms with E-state index in [9.17, 15) is 4.39 Å². The van der Waals surface area contributed by atoms with Crippen molar-refractivity contribution in [1.29, 1.82) is 0 Å². The predicted octanol–water partition coefficient (Wildman–Crippen LogP) is 3.09. The number of ether oxygens (including phenoxy) is 1. The highest BCUT2D eigenvalue weighted by Crippen LogP contribution is 2.27. The number of hydrogen-bond donors (Lipinski definition) is 1. The number of halogens is 1. The van der Waals surface area contributed by atoms with E-state index in [0.717, 1.165) is 12.1 Å². The van der Waals surface area contributed by atoms with Gasteiger partial charge in [-0.2, -0.15) is 5.10 Å². The normalized spacial score (nSPS) is 14.5. The van der Waals surface area contributed by atoms with Crippen LogP contribution in [0.25, 0.3) is 0 Å². The van der Waals surface area contributed by atoms with E-state index in [1.165, 1.54) is 25.0 Å². The van der Waals surface area contributed by atoms with Gasteiger partial charge in [-0.3, -0.25) is 4.68 Å². The number of nitrogens with one attached hydrogen (secondary N) is 1. The number of aryl methyl sites for hydroxylation is 1. The van der Waals surface area contributed by atoms with Crippen LogP contribution >= 0.6 is 0 Å². The number of rotatable bonds is 6. The van der Waals surface area contributed by atoms with Crippen molar-refractivity contribution in [3.63, 3.8) is 0 Å². The zero-order valence-corrected chi connectivity index (χ0v) is 11.5. The van der Waals surface area contributed by atoms with E-state index in [0.29, 0.717) is 24.1 Å². The minimum atomic E-state index is -0.241. The fourth-order valence-electron chi connectivity index (χ4n) is 2.02. The molecule has 0 radical (unpaired) electrons. The molecule has 0 amide bonds. The highest BCUT2D eigenvalue weighted by atomic mass is 19.1. The topological polar surface area (TPSA) is 39.1 Å². The minimum absolute atomic E-state index is 0.241. The molecule has 1 heterocycles. The fraction of sp³-hybridized carbons (Fsp3) is 0.400. The zero-order valence-electron chi connectivity index (χ0n) is 11.5. The van der Waals surface area contributed by atoms with Crippen molar-refractivity contribution in [1.82, 2.24) is 15.1 Å². The van der Waals surface area contributed by atoms with Gasteiger partial charge in [-0.25, -0.2) is 4.39 Å². The first-order chi connectivity index (χ1) is 9.74. The molecule has 0 spiro atoms. The van der Waals surface area contributed by atoms with Crippen molar-refractivity contribution in [2.24, 2.45) is 0 Å². The molecule has 5 heteroatoms. The summed E-state index contributed by atoms with van der Waals surface area (Å²) in [6, 6.07) is 5.19. The lowest BCUT2D eigenvalue weighted by molar-refractivity contribution is 0.468. The van der Waals surface area contributed by atoms with Gasteiger partial charge in [-0.15, -0.1) is 0 Å².